The van der Waals surface area contributed by atoms with Crippen LogP contribution in [0.3, 0.4) is 0 Å². The molecule has 0 heterocycles. The molecule has 0 amide bonds. The molecule has 0 radical (unpaired) electrons. The van der Waals surface area contributed by atoms with Crippen LogP contribution in [-0.4, -0.2) is 17.1 Å². The third-order valence-electron chi connectivity index (χ3n) is 5.19. The second kappa shape index (κ2) is 3.83. The van der Waals surface area contributed by atoms with Gasteiger partial charge in [0.1, 0.15) is 6.04 Å². The van der Waals surface area contributed by atoms with Crippen molar-refractivity contribution in [3.05, 3.63) is 35.4 Å². The van der Waals surface area contributed by atoms with Crippen molar-refractivity contribution in [1.82, 2.24) is 0 Å². The van der Waals surface area contributed by atoms with E-state index in [0.29, 0.717) is 5.92 Å². The first-order chi connectivity index (χ1) is 8.89. The standard InChI is InChI=1S/C16H21NO2/c1-10(2)11-3-5-12(6-4-11)15-7-16(8-15,9-15)13(17)14(18)19/h3-6,10,13H,7-9,17H2,1-2H3,(H,18,19). The summed E-state index contributed by atoms with van der Waals surface area (Å²) in [7, 11) is 0. The Balaban J connectivity index is 1.73. The average Bonchev–Trinajstić information content (AvgIpc) is 2.25. The molecule has 3 aliphatic rings. The van der Waals surface area contributed by atoms with Gasteiger partial charge in [0.2, 0.25) is 0 Å². The fraction of sp³-hybridized carbons (Fsp3) is 0.562. The van der Waals surface area contributed by atoms with Gasteiger partial charge in [-0.25, -0.2) is 0 Å². The van der Waals surface area contributed by atoms with Crippen LogP contribution in [0.2, 0.25) is 0 Å². The third-order valence-corrected chi connectivity index (χ3v) is 5.19. The van der Waals surface area contributed by atoms with Crippen molar-refractivity contribution in [3.63, 3.8) is 0 Å². The number of rotatable bonds is 4. The van der Waals surface area contributed by atoms with Gasteiger partial charge >= 0.3 is 5.97 Å². The van der Waals surface area contributed by atoms with Gasteiger partial charge in [0.25, 0.3) is 0 Å². The average molecular weight is 259 g/mol. The van der Waals surface area contributed by atoms with Gasteiger partial charge in [-0.2, -0.15) is 0 Å². The minimum absolute atomic E-state index is 0.122. The number of hydrogen-bond donors (Lipinski definition) is 2. The molecule has 3 heteroatoms. The third kappa shape index (κ3) is 1.64. The maximum atomic E-state index is 11.0. The zero-order valence-corrected chi connectivity index (χ0v) is 11.5. The summed E-state index contributed by atoms with van der Waals surface area (Å²) in [6.07, 6.45) is 2.82. The summed E-state index contributed by atoms with van der Waals surface area (Å²) in [6.45, 7) is 4.38. The second-order valence-corrected chi connectivity index (χ2v) is 6.77. The van der Waals surface area contributed by atoms with Crippen molar-refractivity contribution in [2.75, 3.05) is 0 Å². The van der Waals surface area contributed by atoms with E-state index in [2.05, 4.69) is 38.1 Å². The van der Waals surface area contributed by atoms with Crippen LogP contribution in [0.1, 0.15) is 50.2 Å². The van der Waals surface area contributed by atoms with E-state index >= 15 is 0 Å². The van der Waals surface area contributed by atoms with Crippen LogP contribution in [0.5, 0.6) is 0 Å². The van der Waals surface area contributed by atoms with Gasteiger partial charge in [-0.3, -0.25) is 4.79 Å². The second-order valence-electron chi connectivity index (χ2n) is 6.77. The van der Waals surface area contributed by atoms with Crippen LogP contribution in [0.15, 0.2) is 24.3 Å². The molecule has 0 aromatic heterocycles. The van der Waals surface area contributed by atoms with E-state index in [4.69, 9.17) is 10.8 Å². The molecule has 102 valence electrons. The van der Waals surface area contributed by atoms with E-state index in [1.54, 1.807) is 0 Å². The van der Waals surface area contributed by atoms with E-state index in [1.165, 1.54) is 11.1 Å². The van der Waals surface area contributed by atoms with Crippen molar-refractivity contribution >= 4 is 5.97 Å². The van der Waals surface area contributed by atoms with Gasteiger partial charge in [0.05, 0.1) is 0 Å². The Labute approximate surface area is 113 Å². The molecule has 2 bridgehead atoms. The van der Waals surface area contributed by atoms with Crippen LogP contribution >= 0.6 is 0 Å². The van der Waals surface area contributed by atoms with Crippen molar-refractivity contribution < 1.29 is 9.90 Å². The van der Waals surface area contributed by atoms with Gasteiger partial charge < -0.3 is 10.8 Å². The molecule has 3 aliphatic carbocycles. The molecule has 3 nitrogen and oxygen atoms in total. The summed E-state index contributed by atoms with van der Waals surface area (Å²) in [6, 6.07) is 8.13. The molecule has 1 atom stereocenters. The highest BCUT2D eigenvalue weighted by Crippen LogP contribution is 2.74. The Morgan fingerprint density at radius 3 is 2.16 bits per heavy atom. The number of hydrogen-bond acceptors (Lipinski definition) is 2. The normalized spacial score (nSPS) is 33.5. The summed E-state index contributed by atoms with van der Waals surface area (Å²) in [4.78, 5) is 11.0. The lowest BCUT2D eigenvalue weighted by molar-refractivity contribution is -0.178. The molecule has 3 saturated carbocycles. The Morgan fingerprint density at radius 1 is 1.21 bits per heavy atom. The van der Waals surface area contributed by atoms with Crippen LogP contribution in [0.4, 0.5) is 0 Å². The van der Waals surface area contributed by atoms with Gasteiger partial charge in [-0.05, 0) is 47.1 Å². The summed E-state index contributed by atoms with van der Waals surface area (Å²) >= 11 is 0. The highest BCUT2D eigenvalue weighted by Gasteiger charge is 2.71. The monoisotopic (exact) mass is 259 g/mol. The minimum atomic E-state index is -0.858. The minimum Gasteiger partial charge on any atom is -0.480 e. The molecular weight excluding hydrogens is 238 g/mol. The highest BCUT2D eigenvalue weighted by atomic mass is 16.4. The largest absolute Gasteiger partial charge is 0.480 e. The first-order valence-electron chi connectivity index (χ1n) is 6.97. The zero-order valence-electron chi connectivity index (χ0n) is 11.5. The lowest BCUT2D eigenvalue weighted by Gasteiger charge is -2.72. The molecule has 4 rings (SSSR count). The number of carboxylic acids is 1. The number of carbonyl (C=O) groups is 1. The first kappa shape index (κ1) is 12.7. The fourth-order valence-corrected chi connectivity index (χ4v) is 3.99. The SMILES string of the molecule is CC(C)c1ccc(C23CC(C(N)C(=O)O)(C2)C3)cc1. The van der Waals surface area contributed by atoms with Crippen molar-refractivity contribution in [1.29, 1.82) is 0 Å². The Morgan fingerprint density at radius 2 is 1.74 bits per heavy atom. The maximum absolute atomic E-state index is 11.0. The molecule has 3 N–H and O–H groups in total. The predicted octanol–water partition coefficient (Wildman–Crippen LogP) is 2.64. The van der Waals surface area contributed by atoms with E-state index in [1.807, 2.05) is 0 Å². The molecule has 19 heavy (non-hydrogen) atoms. The summed E-state index contributed by atoms with van der Waals surface area (Å²) in [5.74, 6) is -0.308. The van der Waals surface area contributed by atoms with Crippen molar-refractivity contribution in [3.8, 4) is 0 Å². The van der Waals surface area contributed by atoms with E-state index < -0.39 is 12.0 Å². The fourth-order valence-electron chi connectivity index (χ4n) is 3.99. The molecule has 3 fully saturated rings. The molecule has 1 unspecified atom stereocenters. The Kier molecular flexibility index (Phi) is 2.55. The topological polar surface area (TPSA) is 63.3 Å². The molecule has 1 aromatic carbocycles. The van der Waals surface area contributed by atoms with Crippen molar-refractivity contribution in [2.45, 2.75) is 50.5 Å². The number of carboxylic acid groups (broad SMARTS) is 1. The van der Waals surface area contributed by atoms with Gasteiger partial charge in [0, 0.05) is 0 Å². The van der Waals surface area contributed by atoms with Crippen LogP contribution < -0.4 is 5.73 Å². The molecule has 0 aliphatic heterocycles. The maximum Gasteiger partial charge on any atom is 0.321 e. The summed E-state index contributed by atoms with van der Waals surface area (Å²) in [5, 5.41) is 9.03. The molecule has 0 spiro atoms. The van der Waals surface area contributed by atoms with E-state index in [-0.39, 0.29) is 10.8 Å². The van der Waals surface area contributed by atoms with Crippen LogP contribution in [0.25, 0.3) is 0 Å². The molecular formula is C16H21NO2. The zero-order chi connectivity index (χ0) is 13.8. The lowest BCUT2D eigenvalue weighted by atomic mass is 9.31. The number of aliphatic carboxylic acids is 1. The predicted molar refractivity (Wildman–Crippen MR) is 74.1 cm³/mol. The quantitative estimate of drug-likeness (QED) is 0.873. The number of nitrogens with two attached hydrogens (primary N) is 1. The summed E-state index contributed by atoms with van der Waals surface area (Å²) in [5.41, 5.74) is 8.61. The first-order valence-corrected chi connectivity index (χ1v) is 6.97. The number of benzene rings is 1. The van der Waals surface area contributed by atoms with E-state index in [9.17, 15) is 4.79 Å². The Hall–Kier alpha value is -1.35. The van der Waals surface area contributed by atoms with Crippen LogP contribution in [0, 0.1) is 5.41 Å². The highest BCUT2D eigenvalue weighted by molar-refractivity contribution is 5.76. The smallest absolute Gasteiger partial charge is 0.321 e. The molecule has 0 saturated heterocycles. The van der Waals surface area contributed by atoms with Gasteiger partial charge in [0.15, 0.2) is 0 Å². The van der Waals surface area contributed by atoms with Gasteiger partial charge in [-0.15, -0.1) is 0 Å². The van der Waals surface area contributed by atoms with E-state index in [0.717, 1.165) is 19.3 Å². The lowest BCUT2D eigenvalue weighted by Crippen LogP contribution is -2.72. The molecule has 1 aromatic rings. The summed E-state index contributed by atoms with van der Waals surface area (Å²) < 4.78 is 0. The van der Waals surface area contributed by atoms with Crippen LogP contribution in [-0.2, 0) is 10.2 Å². The van der Waals surface area contributed by atoms with Gasteiger partial charge in [-0.1, -0.05) is 38.1 Å². The van der Waals surface area contributed by atoms with Crippen molar-refractivity contribution in [2.24, 2.45) is 11.1 Å². The Bertz CT molecular complexity index is 498.